The van der Waals surface area contributed by atoms with Gasteiger partial charge in [0.1, 0.15) is 0 Å². The predicted octanol–water partition coefficient (Wildman–Crippen LogP) is 4.05. The highest BCUT2D eigenvalue weighted by molar-refractivity contribution is 5.82. The van der Waals surface area contributed by atoms with Crippen LogP contribution in [-0.2, 0) is 10.2 Å². The van der Waals surface area contributed by atoms with E-state index in [0.717, 1.165) is 18.4 Å². The minimum Gasteiger partial charge on any atom is -0.493 e. The molecule has 0 bridgehead atoms. The second kappa shape index (κ2) is 7.35. The number of carbonyl (C=O) groups is 1. The maximum Gasteiger partial charge on any atom is 0.314 e. The van der Waals surface area contributed by atoms with Gasteiger partial charge < -0.3 is 14.6 Å². The highest BCUT2D eigenvalue weighted by atomic mass is 16.5. The number of carboxylic acid groups (broad SMARTS) is 1. The summed E-state index contributed by atoms with van der Waals surface area (Å²) in [5.41, 5.74) is -0.182. The van der Waals surface area contributed by atoms with E-state index < -0.39 is 11.4 Å². The fraction of sp³-hybridized carbons (Fsp3) is 0.600. The topological polar surface area (TPSA) is 79.5 Å². The molecule has 0 atom stereocenters. The number of hydrogen-bond acceptors (Lipinski definition) is 4. The SMILES string of the molecule is COc1ccc([C@]2(C(=O)O)CC[C@@H](C#N)CC2)cc1OC1CCCC1. The molecule has 0 aliphatic heterocycles. The summed E-state index contributed by atoms with van der Waals surface area (Å²) < 4.78 is 11.5. The predicted molar refractivity (Wildman–Crippen MR) is 92.8 cm³/mol. The zero-order valence-corrected chi connectivity index (χ0v) is 14.7. The van der Waals surface area contributed by atoms with E-state index in [0.29, 0.717) is 37.2 Å². The van der Waals surface area contributed by atoms with Gasteiger partial charge in [0.05, 0.1) is 24.7 Å². The molecule has 0 amide bonds. The first-order chi connectivity index (χ1) is 12.1. The van der Waals surface area contributed by atoms with Crippen LogP contribution in [0.3, 0.4) is 0 Å². The lowest BCUT2D eigenvalue weighted by molar-refractivity contribution is -0.145. The van der Waals surface area contributed by atoms with E-state index in [9.17, 15) is 9.90 Å². The molecule has 0 unspecified atom stereocenters. The molecule has 1 aromatic carbocycles. The van der Waals surface area contributed by atoms with Crippen LogP contribution in [0.2, 0.25) is 0 Å². The average molecular weight is 343 g/mol. The molecule has 1 N–H and O–H groups in total. The zero-order valence-electron chi connectivity index (χ0n) is 14.7. The molecule has 0 heterocycles. The molecule has 0 spiro atoms. The molecule has 5 nitrogen and oxygen atoms in total. The smallest absolute Gasteiger partial charge is 0.314 e. The Morgan fingerprint density at radius 1 is 1.20 bits per heavy atom. The maximum absolute atomic E-state index is 12.1. The Bertz CT molecular complexity index is 665. The summed E-state index contributed by atoms with van der Waals surface area (Å²) in [5, 5.41) is 19.1. The van der Waals surface area contributed by atoms with Gasteiger partial charge in [0, 0.05) is 5.92 Å². The lowest BCUT2D eigenvalue weighted by atomic mass is 9.67. The second-order valence-corrected chi connectivity index (χ2v) is 7.18. The van der Waals surface area contributed by atoms with Crippen LogP contribution in [0.5, 0.6) is 11.5 Å². The van der Waals surface area contributed by atoms with Gasteiger partial charge in [-0.05, 0) is 69.1 Å². The normalized spacial score (nSPS) is 26.8. The molecular weight excluding hydrogens is 318 g/mol. The van der Waals surface area contributed by atoms with E-state index in [1.807, 2.05) is 12.1 Å². The Labute approximate surface area is 148 Å². The number of benzene rings is 1. The van der Waals surface area contributed by atoms with Crippen molar-refractivity contribution in [3.05, 3.63) is 23.8 Å². The lowest BCUT2D eigenvalue weighted by Crippen LogP contribution is -2.39. The van der Waals surface area contributed by atoms with E-state index in [1.165, 1.54) is 12.8 Å². The van der Waals surface area contributed by atoms with Gasteiger partial charge in [-0.25, -0.2) is 0 Å². The van der Waals surface area contributed by atoms with Crippen molar-refractivity contribution < 1.29 is 19.4 Å². The van der Waals surface area contributed by atoms with Crippen molar-refractivity contribution in [3.63, 3.8) is 0 Å². The number of nitrogens with zero attached hydrogens (tertiary/aromatic N) is 1. The third-order valence-corrected chi connectivity index (χ3v) is 5.74. The van der Waals surface area contributed by atoms with Crippen molar-refractivity contribution in [3.8, 4) is 17.6 Å². The van der Waals surface area contributed by atoms with Crippen molar-refractivity contribution in [2.75, 3.05) is 7.11 Å². The number of aliphatic carboxylic acids is 1. The van der Waals surface area contributed by atoms with Gasteiger partial charge in [-0.2, -0.15) is 5.26 Å². The summed E-state index contributed by atoms with van der Waals surface area (Å²) >= 11 is 0. The molecule has 2 fully saturated rings. The van der Waals surface area contributed by atoms with E-state index in [1.54, 1.807) is 13.2 Å². The first-order valence-corrected chi connectivity index (χ1v) is 9.07. The van der Waals surface area contributed by atoms with E-state index in [4.69, 9.17) is 14.7 Å². The van der Waals surface area contributed by atoms with Gasteiger partial charge in [-0.1, -0.05) is 6.07 Å². The van der Waals surface area contributed by atoms with E-state index >= 15 is 0 Å². The van der Waals surface area contributed by atoms with Crippen LogP contribution in [0.25, 0.3) is 0 Å². The van der Waals surface area contributed by atoms with Crippen molar-refractivity contribution in [1.82, 2.24) is 0 Å². The standard InChI is InChI=1S/C20H25NO4/c1-24-17-7-6-15(12-18(17)25-16-4-2-3-5-16)20(19(22)23)10-8-14(13-21)9-11-20/h6-7,12,14,16H,2-5,8-11H2,1H3,(H,22,23)/t14-,20+. The minimum absolute atomic E-state index is 0.0417. The number of rotatable bonds is 5. The molecule has 134 valence electrons. The van der Waals surface area contributed by atoms with Gasteiger partial charge in [0.15, 0.2) is 11.5 Å². The molecule has 0 saturated heterocycles. The van der Waals surface area contributed by atoms with Gasteiger partial charge in [0.25, 0.3) is 0 Å². The number of ether oxygens (including phenoxy) is 2. The largest absolute Gasteiger partial charge is 0.493 e. The molecule has 0 radical (unpaired) electrons. The summed E-state index contributed by atoms with van der Waals surface area (Å²) in [6.07, 6.45) is 6.78. The fourth-order valence-corrected chi connectivity index (χ4v) is 4.12. The van der Waals surface area contributed by atoms with Crippen molar-refractivity contribution >= 4 is 5.97 Å². The summed E-state index contributed by atoms with van der Waals surface area (Å²) in [5.74, 6) is 0.414. The molecule has 2 aliphatic carbocycles. The van der Waals surface area contributed by atoms with E-state index in [-0.39, 0.29) is 12.0 Å². The Morgan fingerprint density at radius 2 is 1.88 bits per heavy atom. The molecule has 2 aliphatic rings. The van der Waals surface area contributed by atoms with Crippen molar-refractivity contribution in [2.45, 2.75) is 62.9 Å². The van der Waals surface area contributed by atoms with Crippen molar-refractivity contribution in [2.24, 2.45) is 5.92 Å². The zero-order chi connectivity index (χ0) is 17.9. The molecule has 5 heteroatoms. The Morgan fingerprint density at radius 3 is 2.44 bits per heavy atom. The summed E-state index contributed by atoms with van der Waals surface area (Å²) in [4.78, 5) is 12.1. The summed E-state index contributed by atoms with van der Waals surface area (Å²) in [6.45, 7) is 0. The van der Waals surface area contributed by atoms with Crippen molar-refractivity contribution in [1.29, 1.82) is 5.26 Å². The maximum atomic E-state index is 12.1. The van der Waals surface area contributed by atoms with Gasteiger partial charge in [-0.15, -0.1) is 0 Å². The van der Waals surface area contributed by atoms with Crippen LogP contribution in [-0.4, -0.2) is 24.3 Å². The number of hydrogen-bond donors (Lipinski definition) is 1. The number of methoxy groups -OCH3 is 1. The molecular formula is C20H25NO4. The number of carboxylic acids is 1. The molecule has 1 aromatic rings. The Balaban J connectivity index is 1.91. The monoisotopic (exact) mass is 343 g/mol. The summed E-state index contributed by atoms with van der Waals surface area (Å²) in [6, 6.07) is 7.76. The van der Waals surface area contributed by atoms with Crippen LogP contribution in [0.15, 0.2) is 18.2 Å². The highest BCUT2D eigenvalue weighted by Crippen LogP contribution is 2.44. The third kappa shape index (κ3) is 3.44. The van der Waals surface area contributed by atoms with Crippen LogP contribution < -0.4 is 9.47 Å². The van der Waals surface area contributed by atoms with Crippen LogP contribution in [0.4, 0.5) is 0 Å². The molecule has 2 saturated carbocycles. The van der Waals surface area contributed by atoms with Gasteiger partial charge in [-0.3, -0.25) is 4.79 Å². The van der Waals surface area contributed by atoms with Gasteiger partial charge in [0.2, 0.25) is 0 Å². The summed E-state index contributed by atoms with van der Waals surface area (Å²) in [7, 11) is 1.60. The third-order valence-electron chi connectivity index (χ3n) is 5.74. The first-order valence-electron chi connectivity index (χ1n) is 9.07. The van der Waals surface area contributed by atoms with E-state index in [2.05, 4.69) is 6.07 Å². The molecule has 25 heavy (non-hydrogen) atoms. The highest BCUT2D eigenvalue weighted by Gasteiger charge is 2.44. The first kappa shape index (κ1) is 17.6. The van der Waals surface area contributed by atoms with Gasteiger partial charge >= 0.3 is 5.97 Å². The fourth-order valence-electron chi connectivity index (χ4n) is 4.12. The average Bonchev–Trinajstić information content (AvgIpc) is 3.14. The molecule has 0 aromatic heterocycles. The van der Waals surface area contributed by atoms with Crippen LogP contribution >= 0.6 is 0 Å². The molecule has 3 rings (SSSR count). The Kier molecular flexibility index (Phi) is 5.17. The number of nitriles is 1. The van der Waals surface area contributed by atoms with Crippen LogP contribution in [0.1, 0.15) is 56.9 Å². The Hall–Kier alpha value is -2.22. The second-order valence-electron chi connectivity index (χ2n) is 7.18. The lowest BCUT2D eigenvalue weighted by Gasteiger charge is -2.35. The quantitative estimate of drug-likeness (QED) is 0.872. The van der Waals surface area contributed by atoms with Crippen LogP contribution in [0, 0.1) is 17.2 Å². The minimum atomic E-state index is -0.937.